The fraction of sp³-hybridized carbons (Fsp3) is 0.473. The fourth-order valence-corrected chi connectivity index (χ4v) is 9.77. The van der Waals surface area contributed by atoms with Crippen molar-refractivity contribution < 1.29 is 48.2 Å². The molecular weight excluding hydrogens is 925 g/mol. The number of nitrogens with zero attached hydrogens (tertiary/aromatic N) is 2. The molecule has 0 aliphatic heterocycles. The first kappa shape index (κ1) is 55.8. The molecule has 0 saturated heterocycles. The zero-order valence-corrected chi connectivity index (χ0v) is 42.8. The number of hydrogen-bond donors (Lipinski definition) is 3. The van der Waals surface area contributed by atoms with Crippen molar-refractivity contribution in [3.05, 3.63) is 124 Å². The van der Waals surface area contributed by atoms with Gasteiger partial charge in [-0.25, -0.2) is 4.31 Å². The van der Waals surface area contributed by atoms with Gasteiger partial charge >= 0.3 is 5.97 Å². The van der Waals surface area contributed by atoms with Crippen molar-refractivity contribution in [1.29, 1.82) is 0 Å². The van der Waals surface area contributed by atoms with Crippen molar-refractivity contribution in [2.45, 2.75) is 122 Å². The summed E-state index contributed by atoms with van der Waals surface area (Å²) in [4.78, 5) is 79.8. The minimum atomic E-state index is -1.02. The van der Waals surface area contributed by atoms with Crippen LogP contribution < -0.4 is 20.1 Å². The summed E-state index contributed by atoms with van der Waals surface area (Å²) in [6, 6.07) is 27.5. The lowest BCUT2D eigenvalue weighted by molar-refractivity contribution is -0.384. The predicted octanol–water partition coefficient (Wildman–Crippen LogP) is 9.68. The van der Waals surface area contributed by atoms with E-state index in [0.29, 0.717) is 67.8 Å². The van der Waals surface area contributed by atoms with Gasteiger partial charge in [0.25, 0.3) is 5.69 Å². The maximum Gasteiger partial charge on any atom is 0.310 e. The second-order valence-corrected chi connectivity index (χ2v) is 20.4. The number of hydrogen-bond acceptors (Lipinski definition) is 13. The molecule has 1 saturated carbocycles. The lowest BCUT2D eigenvalue weighted by Crippen LogP contribution is -2.49. The van der Waals surface area contributed by atoms with E-state index in [9.17, 15) is 39.2 Å². The Labute approximate surface area is 422 Å². The standard InChI is InChI=1S/C55H70N4O11S/c1-8-55(4,5)53(64)52(63)43-19-12-13-20-44(43)54(65)70-47(27-21-38-22-28-48(68-6)49(32-38)69-7)39-17-14-18-40(33-39)56-50(61)29-30-51(62)57-45(31-37-15-10-9-11-16-37)46(60)35-58(34-36(2)3)71-42-25-23-41(24-26-42)59(66)67/h9-11,14-18,22-26,28,32-33,36,43-47,60H,8,12-13,19-21,27,29-31,34-35H2,1-7H3,(H,56,61)(H,57,62). The van der Waals surface area contributed by atoms with Gasteiger partial charge in [0.1, 0.15) is 6.10 Å². The highest BCUT2D eigenvalue weighted by atomic mass is 32.2. The van der Waals surface area contributed by atoms with Gasteiger partial charge in [-0.1, -0.05) is 96.0 Å². The smallest absolute Gasteiger partial charge is 0.310 e. The molecule has 4 aromatic rings. The average Bonchev–Trinajstić information content (AvgIpc) is 3.36. The number of carbonyl (C=O) groups excluding carboxylic acids is 5. The van der Waals surface area contributed by atoms with Crippen LogP contribution in [0.5, 0.6) is 11.5 Å². The SMILES string of the molecule is CCC(C)(C)C(=O)C(=O)C1CCCCC1C(=O)OC(CCc1ccc(OC)c(OC)c1)c1cccc(NC(=O)CCC(=O)NC(Cc2ccccc2)C(O)CN(CC(C)C)Sc2ccc([N+](=O)[O-])cc2)c1. The third-order valence-electron chi connectivity index (χ3n) is 13.0. The minimum absolute atomic E-state index is 0.0192. The number of esters is 1. The number of ether oxygens (including phenoxy) is 3. The van der Waals surface area contributed by atoms with Crippen LogP contribution in [0.4, 0.5) is 11.4 Å². The molecule has 1 fully saturated rings. The summed E-state index contributed by atoms with van der Waals surface area (Å²) < 4.78 is 19.3. The number of non-ortho nitro benzene ring substituents is 1. The summed E-state index contributed by atoms with van der Waals surface area (Å²) >= 11 is 1.37. The van der Waals surface area contributed by atoms with Crippen LogP contribution in [0.25, 0.3) is 0 Å². The highest BCUT2D eigenvalue weighted by molar-refractivity contribution is 7.97. The molecule has 71 heavy (non-hydrogen) atoms. The molecule has 0 radical (unpaired) electrons. The lowest BCUT2D eigenvalue weighted by atomic mass is 9.72. The lowest BCUT2D eigenvalue weighted by Gasteiger charge is -2.32. The molecule has 1 aliphatic rings. The Kier molecular flexibility index (Phi) is 21.2. The third kappa shape index (κ3) is 16.8. The van der Waals surface area contributed by atoms with Gasteiger partial charge in [-0.15, -0.1) is 0 Å². The van der Waals surface area contributed by atoms with E-state index in [-0.39, 0.29) is 31.0 Å². The first-order chi connectivity index (χ1) is 33.9. The number of nitro benzene ring substituents is 1. The average molecular weight is 995 g/mol. The van der Waals surface area contributed by atoms with Crippen molar-refractivity contribution in [1.82, 2.24) is 9.62 Å². The van der Waals surface area contributed by atoms with E-state index >= 15 is 0 Å². The second-order valence-electron chi connectivity index (χ2n) is 19.3. The highest BCUT2D eigenvalue weighted by Crippen LogP contribution is 2.37. The molecule has 16 heteroatoms. The second kappa shape index (κ2) is 26.9. The van der Waals surface area contributed by atoms with Gasteiger partial charge in [0.2, 0.25) is 23.4 Å². The number of ketones is 2. The van der Waals surface area contributed by atoms with Gasteiger partial charge < -0.3 is 30.0 Å². The first-order valence-corrected chi connectivity index (χ1v) is 25.3. The number of rotatable bonds is 27. The summed E-state index contributed by atoms with van der Waals surface area (Å²) in [5.74, 6) is -2.60. The number of aliphatic hydroxyl groups is 1. The first-order valence-electron chi connectivity index (χ1n) is 24.5. The molecular formula is C55H70N4O11S. The summed E-state index contributed by atoms with van der Waals surface area (Å²) in [5, 5.41) is 28.8. The van der Waals surface area contributed by atoms with E-state index in [1.54, 1.807) is 70.5 Å². The number of benzene rings is 4. The molecule has 5 atom stereocenters. The molecule has 0 bridgehead atoms. The van der Waals surface area contributed by atoms with E-state index in [0.717, 1.165) is 28.9 Å². The number of aryl methyl sites for hydroxylation is 1. The maximum atomic E-state index is 14.2. The minimum Gasteiger partial charge on any atom is -0.493 e. The molecule has 3 N–H and O–H groups in total. The molecule has 0 spiro atoms. The van der Waals surface area contributed by atoms with Gasteiger partial charge in [-0.3, -0.25) is 34.1 Å². The zero-order valence-electron chi connectivity index (χ0n) is 42.0. The third-order valence-corrected chi connectivity index (χ3v) is 14.0. The Morgan fingerprint density at radius 2 is 1.51 bits per heavy atom. The van der Waals surface area contributed by atoms with Crippen LogP contribution in [0.3, 0.4) is 0 Å². The van der Waals surface area contributed by atoms with Crippen LogP contribution in [0, 0.1) is 33.3 Å². The van der Waals surface area contributed by atoms with E-state index in [4.69, 9.17) is 14.2 Å². The van der Waals surface area contributed by atoms with Crippen LogP contribution >= 0.6 is 11.9 Å². The summed E-state index contributed by atoms with van der Waals surface area (Å²) in [7, 11) is 3.11. The number of aliphatic hydroxyl groups excluding tert-OH is 1. The normalized spacial score (nSPS) is 16.1. The number of nitrogens with one attached hydrogen (secondary N) is 2. The van der Waals surface area contributed by atoms with E-state index < -0.39 is 69.8 Å². The fourth-order valence-electron chi connectivity index (χ4n) is 8.61. The van der Waals surface area contributed by atoms with E-state index in [1.807, 2.05) is 67.5 Å². The van der Waals surface area contributed by atoms with Crippen molar-refractivity contribution in [3.63, 3.8) is 0 Å². The zero-order chi connectivity index (χ0) is 51.7. The van der Waals surface area contributed by atoms with Crippen molar-refractivity contribution in [3.8, 4) is 11.5 Å². The number of anilines is 1. The van der Waals surface area contributed by atoms with Crippen LogP contribution in [-0.4, -0.2) is 83.1 Å². The molecule has 2 amide bonds. The largest absolute Gasteiger partial charge is 0.493 e. The Hall–Kier alpha value is -6.10. The summed E-state index contributed by atoms with van der Waals surface area (Å²) in [6.45, 7) is 10.2. The van der Waals surface area contributed by atoms with Gasteiger partial charge in [0.05, 0.1) is 37.2 Å². The number of nitro groups is 1. The Morgan fingerprint density at radius 1 is 0.831 bits per heavy atom. The summed E-state index contributed by atoms with van der Waals surface area (Å²) in [6.07, 6.45) is 1.78. The van der Waals surface area contributed by atoms with Crippen LogP contribution in [0.1, 0.15) is 109 Å². The molecule has 382 valence electrons. The molecule has 1 aliphatic carbocycles. The van der Waals surface area contributed by atoms with Crippen LogP contribution in [0.2, 0.25) is 0 Å². The molecule has 5 unspecified atom stereocenters. The quantitative estimate of drug-likeness (QED) is 0.0168. The number of amides is 2. The van der Waals surface area contributed by atoms with Crippen LogP contribution in [0.15, 0.2) is 102 Å². The molecule has 0 aromatic heterocycles. The maximum absolute atomic E-state index is 14.2. The number of carbonyl (C=O) groups is 5. The molecule has 5 rings (SSSR count). The summed E-state index contributed by atoms with van der Waals surface area (Å²) in [5.41, 5.74) is 1.96. The van der Waals surface area contributed by atoms with Gasteiger partial charge in [-0.05, 0) is 109 Å². The molecule has 15 nitrogen and oxygen atoms in total. The van der Waals surface area contributed by atoms with Gasteiger partial charge in [0.15, 0.2) is 11.5 Å². The predicted molar refractivity (Wildman–Crippen MR) is 274 cm³/mol. The number of methoxy groups -OCH3 is 2. The Morgan fingerprint density at radius 3 is 2.15 bits per heavy atom. The molecule has 0 heterocycles. The molecule has 4 aromatic carbocycles. The van der Waals surface area contributed by atoms with Crippen LogP contribution in [-0.2, 0) is 41.6 Å². The monoisotopic (exact) mass is 994 g/mol. The topological polar surface area (TPSA) is 204 Å². The number of Topliss-reactive ketones (excluding diaryl/α,β-unsaturated/α-hetero) is 2. The highest BCUT2D eigenvalue weighted by Gasteiger charge is 2.43. The van der Waals surface area contributed by atoms with Crippen molar-refractivity contribution in [2.75, 3.05) is 32.6 Å². The van der Waals surface area contributed by atoms with Crippen molar-refractivity contribution >= 4 is 52.7 Å². The van der Waals surface area contributed by atoms with Gasteiger partial charge in [0, 0.05) is 60.0 Å². The van der Waals surface area contributed by atoms with E-state index in [1.165, 1.54) is 24.1 Å². The Balaban J connectivity index is 1.28. The Bertz CT molecular complexity index is 2430. The van der Waals surface area contributed by atoms with E-state index in [2.05, 4.69) is 10.6 Å². The van der Waals surface area contributed by atoms with Gasteiger partial charge in [-0.2, -0.15) is 0 Å². The van der Waals surface area contributed by atoms with Crippen molar-refractivity contribution in [2.24, 2.45) is 23.2 Å².